The van der Waals surface area contributed by atoms with Crippen LogP contribution in [0.15, 0.2) is 34.9 Å². The molecule has 7 nitrogen and oxygen atoms in total. The van der Waals surface area contributed by atoms with Crippen LogP contribution in [0.3, 0.4) is 0 Å². The highest BCUT2D eigenvalue weighted by Gasteiger charge is 2.34. The van der Waals surface area contributed by atoms with E-state index >= 15 is 0 Å². The maximum Gasteiger partial charge on any atom is 0.244 e. The zero-order valence-electron chi connectivity index (χ0n) is 16.8. The fourth-order valence-electron chi connectivity index (χ4n) is 3.57. The van der Waals surface area contributed by atoms with Gasteiger partial charge in [-0.15, -0.1) is 12.4 Å². The molecule has 1 saturated heterocycles. The maximum atomic E-state index is 12.7. The van der Waals surface area contributed by atoms with Crippen molar-refractivity contribution in [1.29, 1.82) is 0 Å². The second-order valence-corrected chi connectivity index (χ2v) is 7.49. The van der Waals surface area contributed by atoms with Crippen molar-refractivity contribution in [1.82, 2.24) is 19.9 Å². The molecular weight excluding hydrogens is 378 g/mol. The standard InChI is InChI=1S/C20H29N5O2.ClH/c1-4-10-20(3,21)19(26)25-13-11-24(12-14-25)15(2)18-22-17(23-27-18)16-8-6-5-7-9-16;/h5-9,15H,4,10-14,21H2,1-3H3;1H. The van der Waals surface area contributed by atoms with Gasteiger partial charge >= 0.3 is 0 Å². The summed E-state index contributed by atoms with van der Waals surface area (Å²) in [5, 5.41) is 4.10. The summed E-state index contributed by atoms with van der Waals surface area (Å²) in [5.74, 6) is 1.24. The Morgan fingerprint density at radius 3 is 2.50 bits per heavy atom. The molecule has 0 aliphatic carbocycles. The number of nitrogens with zero attached hydrogens (tertiary/aromatic N) is 4. The summed E-state index contributed by atoms with van der Waals surface area (Å²) in [6.45, 7) is 8.79. The van der Waals surface area contributed by atoms with E-state index in [1.54, 1.807) is 0 Å². The van der Waals surface area contributed by atoms with E-state index in [4.69, 9.17) is 10.3 Å². The highest BCUT2D eigenvalue weighted by Crippen LogP contribution is 2.24. The van der Waals surface area contributed by atoms with Crippen molar-refractivity contribution in [2.24, 2.45) is 5.73 Å². The molecule has 1 aromatic carbocycles. The van der Waals surface area contributed by atoms with Crippen LogP contribution in [0, 0.1) is 0 Å². The van der Waals surface area contributed by atoms with Crippen molar-refractivity contribution in [2.75, 3.05) is 26.2 Å². The summed E-state index contributed by atoms with van der Waals surface area (Å²) < 4.78 is 5.49. The molecule has 154 valence electrons. The molecule has 1 aliphatic rings. The third-order valence-electron chi connectivity index (χ3n) is 5.24. The zero-order chi connectivity index (χ0) is 19.4. The maximum absolute atomic E-state index is 12.7. The number of carbonyl (C=O) groups is 1. The molecule has 2 heterocycles. The first-order valence-electron chi connectivity index (χ1n) is 9.63. The predicted molar refractivity (Wildman–Crippen MR) is 111 cm³/mol. The lowest BCUT2D eigenvalue weighted by molar-refractivity contribution is -0.138. The Kier molecular flexibility index (Phi) is 7.57. The summed E-state index contributed by atoms with van der Waals surface area (Å²) in [5.41, 5.74) is 6.37. The average molecular weight is 408 g/mol. The lowest BCUT2D eigenvalue weighted by Gasteiger charge is -2.39. The summed E-state index contributed by atoms with van der Waals surface area (Å²) in [6.07, 6.45) is 1.60. The van der Waals surface area contributed by atoms with Crippen molar-refractivity contribution in [3.05, 3.63) is 36.2 Å². The fourth-order valence-corrected chi connectivity index (χ4v) is 3.57. The number of nitrogens with two attached hydrogens (primary N) is 1. The minimum absolute atomic E-state index is 0. The number of benzene rings is 1. The van der Waals surface area contributed by atoms with E-state index in [-0.39, 0.29) is 24.4 Å². The molecule has 0 bridgehead atoms. The van der Waals surface area contributed by atoms with Gasteiger partial charge in [0.05, 0.1) is 11.6 Å². The Bertz CT molecular complexity index is 757. The predicted octanol–water partition coefficient (Wildman–Crippen LogP) is 2.88. The van der Waals surface area contributed by atoms with Gasteiger partial charge in [-0.25, -0.2) is 0 Å². The number of piperazine rings is 1. The molecule has 0 saturated carbocycles. The van der Waals surface area contributed by atoms with E-state index in [0.29, 0.717) is 31.2 Å². The molecule has 1 aromatic heterocycles. The van der Waals surface area contributed by atoms with E-state index in [1.165, 1.54) is 0 Å². The quantitative estimate of drug-likeness (QED) is 0.792. The topological polar surface area (TPSA) is 88.5 Å². The first-order chi connectivity index (χ1) is 12.9. The molecule has 0 spiro atoms. The van der Waals surface area contributed by atoms with Crippen LogP contribution in [0.4, 0.5) is 0 Å². The first kappa shape index (κ1) is 22.3. The van der Waals surface area contributed by atoms with Crippen LogP contribution < -0.4 is 5.73 Å². The third-order valence-corrected chi connectivity index (χ3v) is 5.24. The van der Waals surface area contributed by atoms with Gasteiger partial charge in [0.25, 0.3) is 0 Å². The molecule has 1 fully saturated rings. The Labute approximate surface area is 172 Å². The van der Waals surface area contributed by atoms with Crippen LogP contribution in [0.1, 0.15) is 45.5 Å². The molecule has 1 aliphatic heterocycles. The van der Waals surface area contributed by atoms with Gasteiger partial charge in [0.1, 0.15) is 0 Å². The SMILES string of the molecule is CCCC(C)(N)C(=O)N1CCN(C(C)c2nc(-c3ccccc3)no2)CC1.Cl. The molecule has 2 aromatic rings. The zero-order valence-corrected chi connectivity index (χ0v) is 17.6. The second kappa shape index (κ2) is 9.49. The van der Waals surface area contributed by atoms with Crippen LogP contribution in [-0.2, 0) is 4.79 Å². The minimum Gasteiger partial charge on any atom is -0.339 e. The van der Waals surface area contributed by atoms with Crippen molar-refractivity contribution >= 4 is 18.3 Å². The van der Waals surface area contributed by atoms with Crippen molar-refractivity contribution in [2.45, 2.75) is 45.2 Å². The molecule has 2 unspecified atom stereocenters. The summed E-state index contributed by atoms with van der Waals surface area (Å²) in [4.78, 5) is 21.4. The summed E-state index contributed by atoms with van der Waals surface area (Å²) >= 11 is 0. The van der Waals surface area contributed by atoms with E-state index in [9.17, 15) is 4.79 Å². The Morgan fingerprint density at radius 2 is 1.89 bits per heavy atom. The lowest BCUT2D eigenvalue weighted by atomic mass is 9.95. The number of carbonyl (C=O) groups excluding carboxylic acids is 1. The van der Waals surface area contributed by atoms with Gasteiger partial charge in [-0.3, -0.25) is 9.69 Å². The largest absolute Gasteiger partial charge is 0.339 e. The molecule has 2 N–H and O–H groups in total. The van der Waals surface area contributed by atoms with E-state index in [0.717, 1.165) is 25.1 Å². The van der Waals surface area contributed by atoms with Crippen molar-refractivity contribution in [3.8, 4) is 11.4 Å². The minimum atomic E-state index is -0.778. The number of rotatable bonds is 6. The number of amides is 1. The van der Waals surface area contributed by atoms with E-state index in [2.05, 4.69) is 22.0 Å². The van der Waals surface area contributed by atoms with Crippen LogP contribution in [-0.4, -0.2) is 57.6 Å². The Hall–Kier alpha value is -1.96. The highest BCUT2D eigenvalue weighted by atomic mass is 35.5. The van der Waals surface area contributed by atoms with Crippen LogP contribution in [0.2, 0.25) is 0 Å². The normalized spacial score (nSPS) is 18.2. The van der Waals surface area contributed by atoms with E-state index < -0.39 is 5.54 Å². The monoisotopic (exact) mass is 407 g/mol. The van der Waals surface area contributed by atoms with E-state index in [1.807, 2.05) is 49.1 Å². The summed E-state index contributed by atoms with van der Waals surface area (Å²) in [6, 6.07) is 9.80. The van der Waals surface area contributed by atoms with Gasteiger partial charge < -0.3 is 15.2 Å². The second-order valence-electron chi connectivity index (χ2n) is 7.49. The molecule has 2 atom stereocenters. The molecule has 3 rings (SSSR count). The number of aromatic nitrogens is 2. The van der Waals surface area contributed by atoms with Gasteiger partial charge in [-0.2, -0.15) is 4.98 Å². The number of halogens is 1. The van der Waals surface area contributed by atoms with Crippen LogP contribution in [0.25, 0.3) is 11.4 Å². The third kappa shape index (κ3) is 4.90. The van der Waals surface area contributed by atoms with Gasteiger partial charge in [0.15, 0.2) is 0 Å². The number of hydrogen-bond donors (Lipinski definition) is 1. The molecule has 28 heavy (non-hydrogen) atoms. The Morgan fingerprint density at radius 1 is 1.25 bits per heavy atom. The lowest BCUT2D eigenvalue weighted by Crippen LogP contribution is -2.58. The number of hydrogen-bond acceptors (Lipinski definition) is 6. The Balaban J connectivity index is 0.00000280. The molecule has 8 heteroatoms. The smallest absolute Gasteiger partial charge is 0.244 e. The van der Waals surface area contributed by atoms with Crippen molar-refractivity contribution in [3.63, 3.8) is 0 Å². The van der Waals surface area contributed by atoms with Crippen LogP contribution in [0.5, 0.6) is 0 Å². The average Bonchev–Trinajstić information content (AvgIpc) is 3.18. The highest BCUT2D eigenvalue weighted by molar-refractivity contribution is 5.86. The summed E-state index contributed by atoms with van der Waals surface area (Å²) in [7, 11) is 0. The fraction of sp³-hybridized carbons (Fsp3) is 0.550. The van der Waals surface area contributed by atoms with Crippen molar-refractivity contribution < 1.29 is 9.32 Å². The molecular formula is C20H30ClN5O2. The van der Waals surface area contributed by atoms with Gasteiger partial charge in [-0.1, -0.05) is 48.8 Å². The van der Waals surface area contributed by atoms with Gasteiger partial charge in [-0.05, 0) is 20.3 Å². The first-order valence-corrected chi connectivity index (χ1v) is 9.63. The van der Waals surface area contributed by atoms with Gasteiger partial charge in [0, 0.05) is 31.7 Å². The molecule has 0 radical (unpaired) electrons. The van der Waals surface area contributed by atoms with Gasteiger partial charge in [0.2, 0.25) is 17.6 Å². The van der Waals surface area contributed by atoms with Crippen LogP contribution >= 0.6 is 12.4 Å². The molecule has 1 amide bonds.